The predicted octanol–water partition coefficient (Wildman–Crippen LogP) is 3.35. The number of nitrogens with zero attached hydrogens (tertiary/aromatic N) is 2. The Balaban J connectivity index is 1.56. The molecule has 1 N–H and O–H groups in total. The third-order valence-corrected chi connectivity index (χ3v) is 4.68. The number of hydrogen-bond donors (Lipinski definition) is 1. The van der Waals surface area contributed by atoms with Crippen molar-refractivity contribution in [3.8, 4) is 0 Å². The van der Waals surface area contributed by atoms with Crippen molar-refractivity contribution in [1.29, 1.82) is 0 Å². The fourth-order valence-electron chi connectivity index (χ4n) is 3.15. The molecule has 0 saturated carbocycles. The molecule has 1 aliphatic heterocycles. The van der Waals surface area contributed by atoms with E-state index >= 15 is 0 Å². The van der Waals surface area contributed by atoms with E-state index in [1.54, 1.807) is 48.2 Å². The van der Waals surface area contributed by atoms with E-state index in [2.05, 4.69) is 10.2 Å². The number of halogens is 1. The number of para-hydroxylation sites is 1. The molecule has 0 aromatic heterocycles. The number of carbonyl (C=O) groups excluding carboxylic acids is 2. The van der Waals surface area contributed by atoms with Crippen LogP contribution in [0.2, 0.25) is 0 Å². The smallest absolute Gasteiger partial charge is 0.340 e. The molecule has 1 aliphatic rings. The molecular weight excluding hydrogens is 361 g/mol. The number of esters is 1. The van der Waals surface area contributed by atoms with Crippen molar-refractivity contribution >= 4 is 17.7 Å². The van der Waals surface area contributed by atoms with Crippen LogP contribution in [0.5, 0.6) is 0 Å². The number of rotatable bonds is 5. The van der Waals surface area contributed by atoms with Crippen molar-refractivity contribution in [2.24, 2.45) is 0 Å². The van der Waals surface area contributed by atoms with Crippen LogP contribution < -0.4 is 5.32 Å². The first kappa shape index (κ1) is 19.8. The Morgan fingerprint density at radius 2 is 1.71 bits per heavy atom. The SMILES string of the molecule is CCOC(=O)c1ccccc1NC(=O)N1CCN(Cc2ccccc2F)CC1. The number of piperazine rings is 1. The van der Waals surface area contributed by atoms with Gasteiger partial charge >= 0.3 is 12.0 Å². The van der Waals surface area contributed by atoms with Crippen molar-refractivity contribution < 1.29 is 18.7 Å². The highest BCUT2D eigenvalue weighted by molar-refractivity contribution is 6.00. The van der Waals surface area contributed by atoms with E-state index in [1.165, 1.54) is 6.07 Å². The Kier molecular flexibility index (Phi) is 6.60. The molecule has 1 heterocycles. The topological polar surface area (TPSA) is 61.9 Å². The zero-order chi connectivity index (χ0) is 19.9. The van der Waals surface area contributed by atoms with E-state index in [9.17, 15) is 14.0 Å². The summed E-state index contributed by atoms with van der Waals surface area (Å²) in [6.45, 7) is 4.89. The lowest BCUT2D eigenvalue weighted by Crippen LogP contribution is -2.49. The van der Waals surface area contributed by atoms with Crippen molar-refractivity contribution in [3.63, 3.8) is 0 Å². The lowest BCUT2D eigenvalue weighted by Gasteiger charge is -2.34. The summed E-state index contributed by atoms with van der Waals surface area (Å²) >= 11 is 0. The second kappa shape index (κ2) is 9.32. The van der Waals surface area contributed by atoms with E-state index in [1.807, 2.05) is 6.07 Å². The van der Waals surface area contributed by atoms with Gasteiger partial charge in [0.05, 0.1) is 17.9 Å². The second-order valence-corrected chi connectivity index (χ2v) is 6.55. The molecule has 7 heteroatoms. The molecule has 2 amide bonds. The number of urea groups is 1. The summed E-state index contributed by atoms with van der Waals surface area (Å²) in [4.78, 5) is 28.5. The van der Waals surface area contributed by atoms with Crippen LogP contribution in [-0.4, -0.2) is 54.6 Å². The van der Waals surface area contributed by atoms with Gasteiger partial charge in [0.2, 0.25) is 0 Å². The summed E-state index contributed by atoms with van der Waals surface area (Å²) in [6, 6.07) is 13.3. The van der Waals surface area contributed by atoms with Gasteiger partial charge in [-0.25, -0.2) is 14.0 Å². The average Bonchev–Trinajstić information content (AvgIpc) is 2.71. The molecule has 2 aromatic carbocycles. The number of hydrogen-bond acceptors (Lipinski definition) is 4. The maximum atomic E-state index is 13.8. The largest absolute Gasteiger partial charge is 0.462 e. The van der Waals surface area contributed by atoms with Gasteiger partial charge in [-0.05, 0) is 25.1 Å². The maximum absolute atomic E-state index is 13.8. The molecule has 2 aromatic rings. The van der Waals surface area contributed by atoms with Gasteiger partial charge in [0.25, 0.3) is 0 Å². The average molecular weight is 385 g/mol. The summed E-state index contributed by atoms with van der Waals surface area (Å²) in [5.74, 6) is -0.675. The molecule has 0 bridgehead atoms. The fraction of sp³-hybridized carbons (Fsp3) is 0.333. The highest BCUT2D eigenvalue weighted by atomic mass is 19.1. The van der Waals surface area contributed by atoms with E-state index in [-0.39, 0.29) is 18.5 Å². The molecule has 3 rings (SSSR count). The number of anilines is 1. The molecule has 0 spiro atoms. The molecule has 1 saturated heterocycles. The molecule has 148 valence electrons. The van der Waals surface area contributed by atoms with Crippen molar-refractivity contribution in [3.05, 3.63) is 65.5 Å². The summed E-state index contributed by atoms with van der Waals surface area (Å²) in [7, 11) is 0. The highest BCUT2D eigenvalue weighted by Gasteiger charge is 2.23. The van der Waals surface area contributed by atoms with Gasteiger partial charge in [-0.15, -0.1) is 0 Å². The van der Waals surface area contributed by atoms with E-state index in [0.29, 0.717) is 49.5 Å². The zero-order valence-corrected chi connectivity index (χ0v) is 15.9. The monoisotopic (exact) mass is 385 g/mol. The summed E-state index contributed by atoms with van der Waals surface area (Å²) in [5.41, 5.74) is 1.42. The van der Waals surface area contributed by atoms with Crippen molar-refractivity contribution in [2.45, 2.75) is 13.5 Å². The third-order valence-electron chi connectivity index (χ3n) is 4.68. The van der Waals surface area contributed by atoms with Crippen LogP contribution >= 0.6 is 0 Å². The van der Waals surface area contributed by atoms with E-state index < -0.39 is 5.97 Å². The second-order valence-electron chi connectivity index (χ2n) is 6.55. The first-order valence-electron chi connectivity index (χ1n) is 9.36. The summed E-state index contributed by atoms with van der Waals surface area (Å²) in [6.07, 6.45) is 0. The van der Waals surface area contributed by atoms with Gasteiger partial charge in [0.15, 0.2) is 0 Å². The molecule has 0 unspecified atom stereocenters. The Morgan fingerprint density at radius 1 is 1.04 bits per heavy atom. The number of benzene rings is 2. The van der Waals surface area contributed by atoms with Crippen LogP contribution in [0.4, 0.5) is 14.9 Å². The fourth-order valence-corrected chi connectivity index (χ4v) is 3.15. The van der Waals surface area contributed by atoms with Crippen LogP contribution in [0, 0.1) is 5.82 Å². The lowest BCUT2D eigenvalue weighted by molar-refractivity contribution is 0.0527. The molecule has 6 nitrogen and oxygen atoms in total. The van der Waals surface area contributed by atoms with Gasteiger partial charge in [-0.1, -0.05) is 30.3 Å². The van der Waals surface area contributed by atoms with Crippen LogP contribution in [0.15, 0.2) is 48.5 Å². The molecule has 0 radical (unpaired) electrons. The highest BCUT2D eigenvalue weighted by Crippen LogP contribution is 2.18. The molecule has 28 heavy (non-hydrogen) atoms. The van der Waals surface area contributed by atoms with Crippen LogP contribution in [-0.2, 0) is 11.3 Å². The summed E-state index contributed by atoms with van der Waals surface area (Å²) < 4.78 is 18.8. The maximum Gasteiger partial charge on any atom is 0.340 e. The zero-order valence-electron chi connectivity index (χ0n) is 15.9. The quantitative estimate of drug-likeness (QED) is 0.802. The third kappa shape index (κ3) is 4.86. The van der Waals surface area contributed by atoms with Crippen LogP contribution in [0.1, 0.15) is 22.8 Å². The molecule has 1 fully saturated rings. The first-order valence-corrected chi connectivity index (χ1v) is 9.36. The van der Waals surface area contributed by atoms with Crippen molar-refractivity contribution in [2.75, 3.05) is 38.1 Å². The predicted molar refractivity (Wildman–Crippen MR) is 105 cm³/mol. The number of carbonyl (C=O) groups is 2. The first-order chi connectivity index (χ1) is 13.6. The van der Waals surface area contributed by atoms with Gasteiger partial charge in [-0.2, -0.15) is 0 Å². The molecule has 0 atom stereocenters. The number of amides is 2. The Hall–Kier alpha value is -2.93. The normalized spacial score (nSPS) is 14.6. The number of ether oxygens (including phenoxy) is 1. The number of nitrogens with one attached hydrogen (secondary N) is 1. The van der Waals surface area contributed by atoms with E-state index in [4.69, 9.17) is 4.74 Å². The Morgan fingerprint density at radius 3 is 2.43 bits per heavy atom. The standard InChI is InChI=1S/C21H24FN3O3/c1-2-28-20(26)17-8-4-6-10-19(17)23-21(27)25-13-11-24(12-14-25)15-16-7-3-5-9-18(16)22/h3-10H,2,11-15H2,1H3,(H,23,27). The Bertz CT molecular complexity index is 835. The molecule has 0 aliphatic carbocycles. The lowest BCUT2D eigenvalue weighted by atomic mass is 10.1. The van der Waals surface area contributed by atoms with Gasteiger partial charge in [-0.3, -0.25) is 4.90 Å². The van der Waals surface area contributed by atoms with Crippen LogP contribution in [0.25, 0.3) is 0 Å². The minimum atomic E-state index is -0.465. The van der Waals surface area contributed by atoms with E-state index in [0.717, 1.165) is 0 Å². The van der Waals surface area contributed by atoms with Gasteiger partial charge < -0.3 is 15.0 Å². The van der Waals surface area contributed by atoms with Gasteiger partial charge in [0.1, 0.15) is 5.82 Å². The van der Waals surface area contributed by atoms with Crippen molar-refractivity contribution in [1.82, 2.24) is 9.80 Å². The molecular formula is C21H24FN3O3. The summed E-state index contributed by atoms with van der Waals surface area (Å²) in [5, 5.41) is 2.80. The minimum Gasteiger partial charge on any atom is -0.462 e. The minimum absolute atomic E-state index is 0.210. The van der Waals surface area contributed by atoms with Crippen LogP contribution in [0.3, 0.4) is 0 Å². The Labute approximate surface area is 163 Å². The van der Waals surface area contributed by atoms with Gasteiger partial charge in [0, 0.05) is 38.3 Å².